The Labute approximate surface area is 143 Å². The fourth-order valence-corrected chi connectivity index (χ4v) is 2.91. The van der Waals surface area contributed by atoms with Crippen LogP contribution in [-0.4, -0.2) is 59.5 Å². The molecule has 0 aromatic carbocycles. The Bertz CT molecular complexity index is 448. The molecule has 0 bridgehead atoms. The molecule has 0 spiro atoms. The summed E-state index contributed by atoms with van der Waals surface area (Å²) in [5, 5.41) is 3.39. The average Bonchev–Trinajstić information content (AvgIpc) is 3.01. The van der Waals surface area contributed by atoms with E-state index in [0.29, 0.717) is 12.5 Å². The summed E-state index contributed by atoms with van der Waals surface area (Å²) in [4.78, 5) is 24.8. The highest BCUT2D eigenvalue weighted by atomic mass is 35.5. The lowest BCUT2D eigenvalue weighted by molar-refractivity contribution is -0.131. The number of carbonyl (C=O) groups excluding carboxylic acids is 1. The molecule has 3 rings (SSSR count). The van der Waals surface area contributed by atoms with Crippen LogP contribution in [0.5, 0.6) is 0 Å². The van der Waals surface area contributed by atoms with Crippen molar-refractivity contribution in [2.24, 2.45) is 0 Å². The van der Waals surface area contributed by atoms with Crippen molar-refractivity contribution in [3.63, 3.8) is 0 Å². The Kier molecular flexibility index (Phi) is 7.85. The van der Waals surface area contributed by atoms with E-state index in [-0.39, 0.29) is 30.7 Å². The summed E-state index contributed by atoms with van der Waals surface area (Å²) in [6, 6.07) is 0.389. The van der Waals surface area contributed by atoms with E-state index >= 15 is 0 Å². The number of nitrogens with zero attached hydrogens (tertiary/aromatic N) is 4. The number of amides is 1. The van der Waals surface area contributed by atoms with E-state index in [1.807, 2.05) is 4.90 Å². The van der Waals surface area contributed by atoms with Gasteiger partial charge in [0, 0.05) is 51.0 Å². The standard InChI is InChI=1S/C14H21N5O.2ClH/c20-14(10-12-2-1-3-16-12)19-8-6-18(7-9-19)13-11-15-4-5-17-13;;/h4-5,11-12,16H,1-3,6-10H2;2*1H. The normalized spacial score (nSPS) is 21.0. The van der Waals surface area contributed by atoms with Gasteiger partial charge in [-0.2, -0.15) is 0 Å². The number of anilines is 1. The van der Waals surface area contributed by atoms with Crippen LogP contribution in [0, 0.1) is 0 Å². The third kappa shape index (κ3) is 4.69. The fourth-order valence-electron chi connectivity index (χ4n) is 2.91. The molecule has 3 heterocycles. The number of piperazine rings is 1. The molecule has 2 saturated heterocycles. The van der Waals surface area contributed by atoms with E-state index in [2.05, 4.69) is 20.2 Å². The van der Waals surface area contributed by atoms with Crippen LogP contribution < -0.4 is 10.2 Å². The molecule has 22 heavy (non-hydrogen) atoms. The smallest absolute Gasteiger partial charge is 0.224 e. The molecule has 2 aliphatic heterocycles. The van der Waals surface area contributed by atoms with Crippen LogP contribution in [0.15, 0.2) is 18.6 Å². The molecule has 1 aromatic heterocycles. The molecule has 0 saturated carbocycles. The predicted octanol–water partition coefficient (Wildman–Crippen LogP) is 1.11. The number of halogens is 2. The van der Waals surface area contributed by atoms with E-state index in [9.17, 15) is 4.79 Å². The third-order valence-corrected chi connectivity index (χ3v) is 4.09. The minimum Gasteiger partial charge on any atom is -0.352 e. The first kappa shape index (κ1) is 18.9. The van der Waals surface area contributed by atoms with Gasteiger partial charge in [-0.25, -0.2) is 4.98 Å². The molecule has 1 atom stereocenters. The molecule has 6 nitrogen and oxygen atoms in total. The van der Waals surface area contributed by atoms with Gasteiger partial charge in [-0.1, -0.05) is 0 Å². The van der Waals surface area contributed by atoms with Crippen molar-refractivity contribution < 1.29 is 4.79 Å². The average molecular weight is 348 g/mol. The van der Waals surface area contributed by atoms with Gasteiger partial charge in [0.2, 0.25) is 5.91 Å². The van der Waals surface area contributed by atoms with E-state index in [1.165, 1.54) is 6.42 Å². The molecular weight excluding hydrogens is 325 g/mol. The van der Waals surface area contributed by atoms with E-state index in [1.54, 1.807) is 18.6 Å². The Morgan fingerprint density at radius 2 is 2.00 bits per heavy atom. The zero-order chi connectivity index (χ0) is 13.8. The van der Waals surface area contributed by atoms with Crippen molar-refractivity contribution in [2.45, 2.75) is 25.3 Å². The summed E-state index contributed by atoms with van der Waals surface area (Å²) in [5.74, 6) is 1.18. The molecular formula is C14H23Cl2N5O. The largest absolute Gasteiger partial charge is 0.352 e. The number of nitrogens with one attached hydrogen (secondary N) is 1. The molecule has 1 N–H and O–H groups in total. The Morgan fingerprint density at radius 3 is 2.59 bits per heavy atom. The molecule has 1 amide bonds. The topological polar surface area (TPSA) is 61.4 Å². The van der Waals surface area contributed by atoms with Crippen molar-refractivity contribution in [1.29, 1.82) is 0 Å². The minimum absolute atomic E-state index is 0. The van der Waals surface area contributed by atoms with Gasteiger partial charge in [-0.05, 0) is 19.4 Å². The monoisotopic (exact) mass is 347 g/mol. The first-order valence-corrected chi connectivity index (χ1v) is 7.35. The third-order valence-electron chi connectivity index (χ3n) is 4.09. The second-order valence-electron chi connectivity index (χ2n) is 5.43. The summed E-state index contributed by atoms with van der Waals surface area (Å²) < 4.78 is 0. The summed E-state index contributed by atoms with van der Waals surface area (Å²) in [6.45, 7) is 4.29. The van der Waals surface area contributed by atoms with Gasteiger partial charge in [-0.3, -0.25) is 9.78 Å². The minimum atomic E-state index is 0. The SMILES string of the molecule is Cl.Cl.O=C(CC1CCCN1)N1CCN(c2cnccn2)CC1. The zero-order valence-electron chi connectivity index (χ0n) is 12.5. The van der Waals surface area contributed by atoms with Crippen LogP contribution in [0.25, 0.3) is 0 Å². The molecule has 124 valence electrons. The van der Waals surface area contributed by atoms with Crippen LogP contribution in [0.4, 0.5) is 5.82 Å². The lowest BCUT2D eigenvalue weighted by Gasteiger charge is -2.35. The summed E-state index contributed by atoms with van der Waals surface area (Å²) in [5.41, 5.74) is 0. The van der Waals surface area contributed by atoms with Gasteiger partial charge in [0.15, 0.2) is 0 Å². The van der Waals surface area contributed by atoms with E-state index in [4.69, 9.17) is 0 Å². The fraction of sp³-hybridized carbons (Fsp3) is 0.643. The molecule has 2 aliphatic rings. The maximum absolute atomic E-state index is 12.2. The summed E-state index contributed by atoms with van der Waals surface area (Å²) in [6.07, 6.45) is 8.13. The Hall–Kier alpha value is -1.11. The quantitative estimate of drug-likeness (QED) is 0.887. The van der Waals surface area contributed by atoms with Crippen LogP contribution in [0.3, 0.4) is 0 Å². The van der Waals surface area contributed by atoms with Crippen LogP contribution in [0.1, 0.15) is 19.3 Å². The van der Waals surface area contributed by atoms with Crippen LogP contribution in [-0.2, 0) is 4.79 Å². The van der Waals surface area contributed by atoms with E-state index in [0.717, 1.165) is 45.0 Å². The second kappa shape index (κ2) is 9.12. The first-order chi connectivity index (χ1) is 9.83. The maximum atomic E-state index is 12.2. The van der Waals surface area contributed by atoms with Crippen LogP contribution >= 0.6 is 24.8 Å². The highest BCUT2D eigenvalue weighted by Gasteiger charge is 2.25. The van der Waals surface area contributed by atoms with Gasteiger partial charge in [0.05, 0.1) is 6.20 Å². The number of hydrogen-bond donors (Lipinski definition) is 1. The molecule has 0 radical (unpaired) electrons. The molecule has 8 heteroatoms. The van der Waals surface area contributed by atoms with Gasteiger partial charge in [-0.15, -0.1) is 24.8 Å². The Balaban J connectivity index is 0.00000121. The highest BCUT2D eigenvalue weighted by Crippen LogP contribution is 2.14. The summed E-state index contributed by atoms with van der Waals surface area (Å²) in [7, 11) is 0. The number of aromatic nitrogens is 2. The molecule has 1 unspecified atom stereocenters. The van der Waals surface area contributed by atoms with Gasteiger partial charge < -0.3 is 15.1 Å². The van der Waals surface area contributed by atoms with Crippen molar-refractivity contribution in [3.05, 3.63) is 18.6 Å². The second-order valence-corrected chi connectivity index (χ2v) is 5.43. The number of carbonyl (C=O) groups is 1. The molecule has 0 aliphatic carbocycles. The lowest BCUT2D eigenvalue weighted by Crippen LogP contribution is -2.50. The van der Waals surface area contributed by atoms with Crippen molar-refractivity contribution in [2.75, 3.05) is 37.6 Å². The van der Waals surface area contributed by atoms with Gasteiger partial charge in [0.1, 0.15) is 5.82 Å². The number of rotatable bonds is 3. The zero-order valence-corrected chi connectivity index (χ0v) is 14.1. The molecule has 2 fully saturated rings. The van der Waals surface area contributed by atoms with E-state index < -0.39 is 0 Å². The lowest BCUT2D eigenvalue weighted by atomic mass is 10.1. The first-order valence-electron chi connectivity index (χ1n) is 7.35. The van der Waals surface area contributed by atoms with Crippen molar-refractivity contribution in [1.82, 2.24) is 20.2 Å². The van der Waals surface area contributed by atoms with Gasteiger partial charge >= 0.3 is 0 Å². The van der Waals surface area contributed by atoms with Crippen LogP contribution in [0.2, 0.25) is 0 Å². The maximum Gasteiger partial charge on any atom is 0.224 e. The Morgan fingerprint density at radius 1 is 1.23 bits per heavy atom. The highest BCUT2D eigenvalue weighted by molar-refractivity contribution is 5.85. The van der Waals surface area contributed by atoms with Gasteiger partial charge in [0.25, 0.3) is 0 Å². The van der Waals surface area contributed by atoms with Crippen molar-refractivity contribution >= 4 is 36.5 Å². The number of hydrogen-bond acceptors (Lipinski definition) is 5. The molecule has 1 aromatic rings. The predicted molar refractivity (Wildman–Crippen MR) is 91.0 cm³/mol. The van der Waals surface area contributed by atoms with Crippen molar-refractivity contribution in [3.8, 4) is 0 Å². The summed E-state index contributed by atoms with van der Waals surface area (Å²) >= 11 is 0.